The average molecular weight is 301 g/mol. The Morgan fingerprint density at radius 3 is 2.52 bits per heavy atom. The quantitative estimate of drug-likeness (QED) is 0.847. The molecular formula is C16H19N3OS. The maximum Gasteiger partial charge on any atom is 0.172 e. The van der Waals surface area contributed by atoms with E-state index in [1.54, 1.807) is 7.11 Å². The first kappa shape index (κ1) is 15.3. The van der Waals surface area contributed by atoms with E-state index in [0.717, 1.165) is 22.8 Å². The third-order valence-electron chi connectivity index (χ3n) is 3.09. The highest BCUT2D eigenvalue weighted by Gasteiger charge is 2.07. The molecule has 0 amide bonds. The summed E-state index contributed by atoms with van der Waals surface area (Å²) >= 11 is 5.32. The van der Waals surface area contributed by atoms with E-state index in [0.29, 0.717) is 5.11 Å². The average Bonchev–Trinajstić information content (AvgIpc) is 2.47. The number of nitrogens with zero attached hydrogens (tertiary/aromatic N) is 1. The summed E-state index contributed by atoms with van der Waals surface area (Å²) in [6.07, 6.45) is 0. The van der Waals surface area contributed by atoms with Gasteiger partial charge in [-0.1, -0.05) is 18.2 Å². The number of ether oxygens (including phenoxy) is 1. The van der Waals surface area contributed by atoms with Crippen molar-refractivity contribution in [2.45, 2.75) is 19.9 Å². The number of methoxy groups -OCH3 is 1. The Morgan fingerprint density at radius 1 is 1.19 bits per heavy atom. The van der Waals surface area contributed by atoms with Crippen molar-refractivity contribution in [2.75, 3.05) is 12.4 Å². The molecule has 0 spiro atoms. The molecule has 1 heterocycles. The summed E-state index contributed by atoms with van der Waals surface area (Å²) in [7, 11) is 1.66. The monoisotopic (exact) mass is 301 g/mol. The van der Waals surface area contributed by atoms with E-state index in [-0.39, 0.29) is 6.04 Å². The second-order valence-electron chi connectivity index (χ2n) is 4.76. The molecule has 2 aromatic rings. The first-order valence-electron chi connectivity index (χ1n) is 6.73. The Hall–Kier alpha value is -2.14. The minimum Gasteiger partial charge on any atom is -0.497 e. The Bertz CT molecular complexity index is 613. The van der Waals surface area contributed by atoms with Crippen LogP contribution in [0.5, 0.6) is 5.75 Å². The van der Waals surface area contributed by atoms with Gasteiger partial charge in [-0.2, -0.15) is 0 Å². The van der Waals surface area contributed by atoms with Crippen LogP contribution in [0, 0.1) is 6.92 Å². The standard InChI is InChI=1S/C16H19N3OS/c1-11-5-4-6-15(17-11)19-16(21)18-12(2)13-7-9-14(20-3)10-8-13/h4-10,12H,1-3H3,(H2,17,18,19,21). The molecule has 1 aromatic carbocycles. The molecule has 0 aliphatic heterocycles. The zero-order valence-electron chi connectivity index (χ0n) is 12.4. The maximum absolute atomic E-state index is 5.32. The first-order chi connectivity index (χ1) is 10.1. The molecule has 110 valence electrons. The van der Waals surface area contributed by atoms with Crippen LogP contribution in [0.4, 0.5) is 5.82 Å². The van der Waals surface area contributed by atoms with Gasteiger partial charge in [0.15, 0.2) is 5.11 Å². The largest absolute Gasteiger partial charge is 0.497 e. The number of aromatic nitrogens is 1. The highest BCUT2D eigenvalue weighted by Crippen LogP contribution is 2.17. The zero-order chi connectivity index (χ0) is 15.2. The molecule has 0 fully saturated rings. The van der Waals surface area contributed by atoms with Gasteiger partial charge in [0.1, 0.15) is 11.6 Å². The normalized spacial score (nSPS) is 11.6. The molecule has 2 N–H and O–H groups in total. The summed E-state index contributed by atoms with van der Waals surface area (Å²) < 4.78 is 5.15. The summed E-state index contributed by atoms with van der Waals surface area (Å²) in [5.74, 6) is 1.59. The second-order valence-corrected chi connectivity index (χ2v) is 5.17. The lowest BCUT2D eigenvalue weighted by atomic mass is 10.1. The molecule has 1 unspecified atom stereocenters. The first-order valence-corrected chi connectivity index (χ1v) is 7.14. The fourth-order valence-corrected chi connectivity index (χ4v) is 2.22. The van der Waals surface area contributed by atoms with E-state index in [9.17, 15) is 0 Å². The fourth-order valence-electron chi connectivity index (χ4n) is 1.94. The number of thiocarbonyl (C=S) groups is 1. The van der Waals surface area contributed by atoms with Gasteiger partial charge in [0.2, 0.25) is 0 Å². The molecule has 0 saturated carbocycles. The molecule has 0 aliphatic carbocycles. The molecular weight excluding hydrogens is 282 g/mol. The SMILES string of the molecule is COc1ccc(C(C)NC(=S)Nc2cccc(C)n2)cc1. The third-order valence-corrected chi connectivity index (χ3v) is 3.31. The third kappa shape index (κ3) is 4.43. The molecule has 0 bridgehead atoms. The van der Waals surface area contributed by atoms with Gasteiger partial charge in [0.05, 0.1) is 13.2 Å². The predicted molar refractivity (Wildman–Crippen MR) is 89.7 cm³/mol. The van der Waals surface area contributed by atoms with Gasteiger partial charge in [-0.15, -0.1) is 0 Å². The smallest absolute Gasteiger partial charge is 0.172 e. The minimum absolute atomic E-state index is 0.0979. The maximum atomic E-state index is 5.32. The van der Waals surface area contributed by atoms with Crippen molar-refractivity contribution < 1.29 is 4.74 Å². The van der Waals surface area contributed by atoms with Gasteiger partial charge in [0, 0.05) is 5.69 Å². The van der Waals surface area contributed by atoms with Crippen LogP contribution in [0.15, 0.2) is 42.5 Å². The van der Waals surface area contributed by atoms with E-state index in [4.69, 9.17) is 17.0 Å². The van der Waals surface area contributed by atoms with Crippen LogP contribution in [-0.2, 0) is 0 Å². The summed E-state index contributed by atoms with van der Waals surface area (Å²) in [4.78, 5) is 4.36. The van der Waals surface area contributed by atoms with E-state index in [1.807, 2.05) is 49.4 Å². The van der Waals surface area contributed by atoms with Gasteiger partial charge in [0.25, 0.3) is 0 Å². The molecule has 1 aromatic heterocycles. The summed E-state index contributed by atoms with van der Waals surface area (Å²) in [5.41, 5.74) is 2.09. The number of hydrogen-bond donors (Lipinski definition) is 2. The Balaban J connectivity index is 1.95. The van der Waals surface area contributed by atoms with Gasteiger partial charge in [-0.05, 0) is 55.9 Å². The number of aryl methyl sites for hydroxylation is 1. The van der Waals surface area contributed by atoms with Crippen LogP contribution in [-0.4, -0.2) is 17.2 Å². The zero-order valence-corrected chi connectivity index (χ0v) is 13.2. The van der Waals surface area contributed by atoms with Crippen molar-refractivity contribution in [2.24, 2.45) is 0 Å². The van der Waals surface area contributed by atoms with Crippen molar-refractivity contribution in [1.29, 1.82) is 0 Å². The van der Waals surface area contributed by atoms with Crippen molar-refractivity contribution in [3.63, 3.8) is 0 Å². The van der Waals surface area contributed by atoms with E-state index < -0.39 is 0 Å². The van der Waals surface area contributed by atoms with Crippen molar-refractivity contribution >= 4 is 23.1 Å². The minimum atomic E-state index is 0.0979. The molecule has 4 nitrogen and oxygen atoms in total. The Kier molecular flexibility index (Phi) is 5.11. The van der Waals surface area contributed by atoms with Crippen LogP contribution in [0.25, 0.3) is 0 Å². The number of nitrogens with one attached hydrogen (secondary N) is 2. The van der Waals surface area contributed by atoms with E-state index in [2.05, 4.69) is 22.5 Å². The van der Waals surface area contributed by atoms with Gasteiger partial charge < -0.3 is 15.4 Å². The number of rotatable bonds is 4. The highest BCUT2D eigenvalue weighted by molar-refractivity contribution is 7.80. The van der Waals surface area contributed by atoms with Crippen molar-refractivity contribution in [3.05, 3.63) is 53.7 Å². The Labute approximate surface area is 130 Å². The lowest BCUT2D eigenvalue weighted by molar-refractivity contribution is 0.414. The van der Waals surface area contributed by atoms with Gasteiger partial charge in [-0.3, -0.25) is 0 Å². The lowest BCUT2D eigenvalue weighted by Crippen LogP contribution is -2.31. The number of benzene rings is 1. The summed E-state index contributed by atoms with van der Waals surface area (Å²) in [6, 6.07) is 13.8. The summed E-state index contributed by atoms with van der Waals surface area (Å²) in [6.45, 7) is 4.00. The van der Waals surface area contributed by atoms with Gasteiger partial charge >= 0.3 is 0 Å². The number of pyridine rings is 1. The summed E-state index contributed by atoms with van der Waals surface area (Å²) in [5, 5.41) is 6.88. The molecule has 2 rings (SSSR count). The van der Waals surface area contributed by atoms with Gasteiger partial charge in [-0.25, -0.2) is 4.98 Å². The number of anilines is 1. The number of hydrogen-bond acceptors (Lipinski definition) is 3. The highest BCUT2D eigenvalue weighted by atomic mass is 32.1. The molecule has 0 saturated heterocycles. The topological polar surface area (TPSA) is 46.2 Å². The molecule has 21 heavy (non-hydrogen) atoms. The second kappa shape index (κ2) is 7.04. The van der Waals surface area contributed by atoms with Crippen LogP contribution in [0.1, 0.15) is 24.2 Å². The molecule has 0 radical (unpaired) electrons. The lowest BCUT2D eigenvalue weighted by Gasteiger charge is -2.17. The van der Waals surface area contributed by atoms with Crippen LogP contribution in [0.3, 0.4) is 0 Å². The van der Waals surface area contributed by atoms with Crippen molar-refractivity contribution in [3.8, 4) is 5.75 Å². The molecule has 5 heteroatoms. The van der Waals surface area contributed by atoms with E-state index >= 15 is 0 Å². The molecule has 1 atom stereocenters. The van der Waals surface area contributed by atoms with Crippen LogP contribution in [0.2, 0.25) is 0 Å². The van der Waals surface area contributed by atoms with E-state index in [1.165, 1.54) is 0 Å². The fraction of sp³-hybridized carbons (Fsp3) is 0.250. The Morgan fingerprint density at radius 2 is 1.90 bits per heavy atom. The van der Waals surface area contributed by atoms with Crippen LogP contribution >= 0.6 is 12.2 Å². The van der Waals surface area contributed by atoms with Crippen molar-refractivity contribution in [1.82, 2.24) is 10.3 Å². The molecule has 0 aliphatic rings. The van der Waals surface area contributed by atoms with Crippen LogP contribution < -0.4 is 15.4 Å². The predicted octanol–water partition coefficient (Wildman–Crippen LogP) is 3.45.